The summed E-state index contributed by atoms with van der Waals surface area (Å²) in [5.74, 6) is 0.0626. The van der Waals surface area contributed by atoms with Crippen LogP contribution < -0.4 is 30.9 Å². The number of hydrogen-bond acceptors (Lipinski definition) is 10. The number of β-amino-alcohol motifs (C(OH)–C–C–N with tert-alkyl or cyclic N) is 1. The summed E-state index contributed by atoms with van der Waals surface area (Å²) in [7, 11) is 4.16. The number of ether oxygens (including phenoxy) is 1. The molecule has 0 saturated carbocycles. The van der Waals surface area contributed by atoms with E-state index in [2.05, 4.69) is 93.8 Å². The van der Waals surface area contributed by atoms with Crippen molar-refractivity contribution in [2.45, 2.75) is 136 Å². The first-order chi connectivity index (χ1) is 31.2. The van der Waals surface area contributed by atoms with Gasteiger partial charge in [-0.3, -0.25) is 14.4 Å². The topological polar surface area (TPSA) is 148 Å². The van der Waals surface area contributed by atoms with Crippen LogP contribution in [0.4, 0.5) is 5.69 Å². The van der Waals surface area contributed by atoms with Crippen LogP contribution in [-0.2, 0) is 27.5 Å². The van der Waals surface area contributed by atoms with E-state index in [1.807, 2.05) is 64.4 Å². The zero-order valence-corrected chi connectivity index (χ0v) is 40.8. The SMILES string of the molecule is Cc1ncsc1-c1ccc(C(C)NC(=O)[C@@H]2C[C@@H](O)CN2C(=O)C(NC(=O)CCCCCCCCCOc2ccc(CNCCCNCc3ccccc3N(C)C)cc2)C(C)(C)C)cc1. The maximum absolute atomic E-state index is 14.1. The number of hydrogen-bond donors (Lipinski definition) is 5. The molecule has 1 aliphatic rings. The number of rotatable bonds is 26. The van der Waals surface area contributed by atoms with Gasteiger partial charge in [-0.25, -0.2) is 4.98 Å². The average molecular weight is 910 g/mol. The Kier molecular flexibility index (Phi) is 20.3. The molecule has 3 amide bonds. The molecule has 1 aromatic heterocycles. The van der Waals surface area contributed by atoms with E-state index in [0.717, 1.165) is 105 Å². The number of carbonyl (C=O) groups excluding carboxylic acids is 3. The Hall–Kier alpha value is -4.82. The standard InChI is InChI=1S/C52H75N7O5S/c1-37(40-23-25-41(26-24-40)48-38(2)55-36-65-48)56-50(62)46-32-43(60)35-59(46)51(63)49(52(3,4)5)57-47(61)20-13-11-9-8-10-12-16-31-64-44-27-21-39(22-28-44)33-53-29-17-30-54-34-42-18-14-15-19-45(42)58(6)7/h14-15,18-19,21-28,36-37,43,46,49,53-54,60H,8-13,16-17,20,29-35H2,1-7H3,(H,56,62)(H,57,61)/t37?,43-,46+,49?/m1/s1. The van der Waals surface area contributed by atoms with Crippen LogP contribution in [0.2, 0.25) is 0 Å². The lowest BCUT2D eigenvalue weighted by molar-refractivity contribution is -0.144. The third-order valence-electron chi connectivity index (χ3n) is 12.1. The molecular formula is C52H75N7O5S. The molecular weight excluding hydrogens is 835 g/mol. The molecule has 2 heterocycles. The van der Waals surface area contributed by atoms with Gasteiger partial charge >= 0.3 is 0 Å². The molecule has 1 aliphatic heterocycles. The van der Waals surface area contributed by atoms with Crippen molar-refractivity contribution in [2.75, 3.05) is 45.2 Å². The van der Waals surface area contributed by atoms with E-state index < -0.39 is 23.6 Å². The van der Waals surface area contributed by atoms with Crippen molar-refractivity contribution in [3.8, 4) is 16.2 Å². The van der Waals surface area contributed by atoms with E-state index in [1.165, 1.54) is 21.7 Å². The van der Waals surface area contributed by atoms with Crippen molar-refractivity contribution in [2.24, 2.45) is 5.41 Å². The van der Waals surface area contributed by atoms with Gasteiger partial charge in [-0.2, -0.15) is 0 Å². The second-order valence-corrected chi connectivity index (χ2v) is 19.7. The Morgan fingerprint density at radius 1 is 0.862 bits per heavy atom. The third-order valence-corrected chi connectivity index (χ3v) is 13.1. The number of nitrogens with zero attached hydrogens (tertiary/aromatic N) is 3. The highest BCUT2D eigenvalue weighted by Crippen LogP contribution is 2.30. The predicted molar refractivity (Wildman–Crippen MR) is 264 cm³/mol. The van der Waals surface area contributed by atoms with Gasteiger partial charge in [0.25, 0.3) is 0 Å². The maximum atomic E-state index is 14.1. The van der Waals surface area contributed by atoms with Gasteiger partial charge in [-0.15, -0.1) is 11.3 Å². The first-order valence-corrected chi connectivity index (χ1v) is 24.6. The maximum Gasteiger partial charge on any atom is 0.246 e. The Morgan fingerprint density at radius 2 is 1.52 bits per heavy atom. The number of likely N-dealkylation sites (tertiary alicyclic amines) is 1. The number of amides is 3. The lowest BCUT2D eigenvalue weighted by Crippen LogP contribution is -2.57. The Bertz CT molecular complexity index is 2070. The molecule has 4 atom stereocenters. The fourth-order valence-corrected chi connectivity index (χ4v) is 9.12. The number of carbonyl (C=O) groups is 3. The fraction of sp³-hybridized carbons (Fsp3) is 0.538. The quantitative estimate of drug-likeness (QED) is 0.0393. The lowest BCUT2D eigenvalue weighted by Gasteiger charge is -2.35. The zero-order chi connectivity index (χ0) is 46.8. The van der Waals surface area contributed by atoms with Gasteiger partial charge in [0.15, 0.2) is 0 Å². The molecule has 5 N–H and O–H groups in total. The van der Waals surface area contributed by atoms with Crippen molar-refractivity contribution in [1.29, 1.82) is 0 Å². The molecule has 12 nitrogen and oxygen atoms in total. The number of aromatic nitrogens is 1. The molecule has 2 unspecified atom stereocenters. The number of thiazole rings is 1. The Morgan fingerprint density at radius 3 is 2.18 bits per heavy atom. The first-order valence-electron chi connectivity index (χ1n) is 23.7. The molecule has 0 bridgehead atoms. The van der Waals surface area contributed by atoms with Crippen LogP contribution in [0.5, 0.6) is 5.75 Å². The number of nitrogens with one attached hydrogen (secondary N) is 4. The summed E-state index contributed by atoms with van der Waals surface area (Å²) in [6, 6.07) is 22.9. The van der Waals surface area contributed by atoms with Crippen LogP contribution in [0.1, 0.15) is 120 Å². The summed E-state index contributed by atoms with van der Waals surface area (Å²) in [5.41, 5.74) is 8.03. The van der Waals surface area contributed by atoms with Crippen molar-refractivity contribution >= 4 is 34.7 Å². The number of para-hydroxylation sites is 1. The Balaban J connectivity index is 0.914. The van der Waals surface area contributed by atoms with E-state index in [4.69, 9.17) is 4.74 Å². The van der Waals surface area contributed by atoms with Crippen LogP contribution in [0.3, 0.4) is 0 Å². The lowest BCUT2D eigenvalue weighted by atomic mass is 9.85. The largest absolute Gasteiger partial charge is 0.494 e. The number of unbranched alkanes of at least 4 members (excludes halogenated alkanes) is 6. The molecule has 354 valence electrons. The molecule has 0 spiro atoms. The van der Waals surface area contributed by atoms with E-state index in [0.29, 0.717) is 13.0 Å². The average Bonchev–Trinajstić information content (AvgIpc) is 3.90. The number of benzene rings is 3. The van der Waals surface area contributed by atoms with Crippen molar-refractivity contribution in [3.63, 3.8) is 0 Å². The summed E-state index contributed by atoms with van der Waals surface area (Å²) in [5, 5.41) is 23.8. The van der Waals surface area contributed by atoms with Gasteiger partial charge in [0.2, 0.25) is 17.7 Å². The smallest absolute Gasteiger partial charge is 0.246 e. The summed E-state index contributed by atoms with van der Waals surface area (Å²) in [6.07, 6.45) is 7.76. The summed E-state index contributed by atoms with van der Waals surface area (Å²) >= 11 is 1.59. The van der Waals surface area contributed by atoms with Gasteiger partial charge in [0, 0.05) is 52.3 Å². The molecule has 0 aliphatic carbocycles. The van der Waals surface area contributed by atoms with E-state index >= 15 is 0 Å². The first kappa shape index (κ1) is 51.2. The van der Waals surface area contributed by atoms with E-state index in [9.17, 15) is 19.5 Å². The molecule has 1 fully saturated rings. The predicted octanol–water partition coefficient (Wildman–Crippen LogP) is 8.32. The van der Waals surface area contributed by atoms with Crippen LogP contribution in [-0.4, -0.2) is 91.2 Å². The van der Waals surface area contributed by atoms with Crippen LogP contribution in [0.25, 0.3) is 10.4 Å². The summed E-state index contributed by atoms with van der Waals surface area (Å²) in [6.45, 7) is 14.0. The van der Waals surface area contributed by atoms with Gasteiger partial charge < -0.3 is 40.9 Å². The van der Waals surface area contributed by atoms with E-state index in [-0.39, 0.29) is 36.7 Å². The van der Waals surface area contributed by atoms with E-state index in [1.54, 1.807) is 11.3 Å². The van der Waals surface area contributed by atoms with Crippen molar-refractivity contribution < 1.29 is 24.2 Å². The van der Waals surface area contributed by atoms with Gasteiger partial charge in [0.05, 0.1) is 34.8 Å². The minimum absolute atomic E-state index is 0.0437. The second kappa shape index (κ2) is 25.8. The van der Waals surface area contributed by atoms with Gasteiger partial charge in [-0.1, -0.05) is 107 Å². The molecule has 0 radical (unpaired) electrons. The summed E-state index contributed by atoms with van der Waals surface area (Å²) in [4.78, 5) is 49.9. The Labute approximate surface area is 392 Å². The number of aliphatic hydroxyl groups is 1. The molecule has 5 rings (SSSR count). The number of anilines is 1. The van der Waals surface area contributed by atoms with Crippen LogP contribution in [0, 0.1) is 12.3 Å². The highest BCUT2D eigenvalue weighted by molar-refractivity contribution is 7.13. The molecule has 65 heavy (non-hydrogen) atoms. The highest BCUT2D eigenvalue weighted by atomic mass is 32.1. The van der Waals surface area contributed by atoms with Crippen LogP contribution in [0.15, 0.2) is 78.3 Å². The zero-order valence-electron chi connectivity index (χ0n) is 40.0. The summed E-state index contributed by atoms with van der Waals surface area (Å²) < 4.78 is 6.00. The number of aryl methyl sites for hydroxylation is 1. The minimum Gasteiger partial charge on any atom is -0.494 e. The van der Waals surface area contributed by atoms with Crippen LogP contribution >= 0.6 is 11.3 Å². The number of aliphatic hydroxyl groups excluding tert-OH is 1. The highest BCUT2D eigenvalue weighted by Gasteiger charge is 2.44. The minimum atomic E-state index is -0.834. The van der Waals surface area contributed by atoms with Gasteiger partial charge in [0.1, 0.15) is 17.8 Å². The third kappa shape index (κ3) is 16.2. The second-order valence-electron chi connectivity index (χ2n) is 18.8. The molecule has 1 saturated heterocycles. The van der Waals surface area contributed by atoms with Crippen molar-refractivity contribution in [1.82, 2.24) is 31.2 Å². The normalized spacial score (nSPS) is 16.0. The molecule has 13 heteroatoms. The molecule has 3 aromatic carbocycles. The monoisotopic (exact) mass is 910 g/mol. The van der Waals surface area contributed by atoms with Crippen molar-refractivity contribution in [3.05, 3.63) is 101 Å². The molecule has 4 aromatic rings. The van der Waals surface area contributed by atoms with Gasteiger partial charge in [-0.05, 0) is 92.1 Å². The fourth-order valence-electron chi connectivity index (χ4n) is 8.30.